The van der Waals surface area contributed by atoms with Crippen molar-refractivity contribution in [3.05, 3.63) is 52.6 Å². The molecule has 24 heavy (non-hydrogen) atoms. The molecule has 6 heteroatoms. The van der Waals surface area contributed by atoms with Crippen molar-refractivity contribution in [1.29, 1.82) is 0 Å². The van der Waals surface area contributed by atoms with Gasteiger partial charge in [0.1, 0.15) is 11.4 Å². The molecule has 2 aromatic heterocycles. The monoisotopic (exact) mass is 341 g/mol. The average Bonchev–Trinajstić information content (AvgIpc) is 2.88. The maximum absolute atomic E-state index is 12.8. The smallest absolute Gasteiger partial charge is 0.262 e. The Hall–Kier alpha value is -2.47. The van der Waals surface area contributed by atoms with Crippen LogP contribution in [0.1, 0.15) is 19.4 Å². The number of thiophene rings is 1. The number of nitrogens with zero attached hydrogens (tertiary/aromatic N) is 2. The van der Waals surface area contributed by atoms with E-state index in [-0.39, 0.29) is 24.1 Å². The third-order valence-corrected chi connectivity index (χ3v) is 4.97. The number of benzene rings is 1. The van der Waals surface area contributed by atoms with Crippen LogP contribution in [0.25, 0.3) is 20.7 Å². The van der Waals surface area contributed by atoms with E-state index in [0.29, 0.717) is 10.2 Å². The van der Waals surface area contributed by atoms with Gasteiger partial charge in [-0.25, -0.2) is 4.98 Å². The van der Waals surface area contributed by atoms with Gasteiger partial charge in [0.05, 0.1) is 11.7 Å². The van der Waals surface area contributed by atoms with E-state index in [1.54, 1.807) is 0 Å². The second-order valence-corrected chi connectivity index (χ2v) is 7.00. The Kier molecular flexibility index (Phi) is 4.49. The van der Waals surface area contributed by atoms with Crippen molar-refractivity contribution in [3.63, 3.8) is 0 Å². The van der Waals surface area contributed by atoms with Crippen molar-refractivity contribution < 1.29 is 4.79 Å². The largest absolute Gasteiger partial charge is 0.352 e. The van der Waals surface area contributed by atoms with Gasteiger partial charge in [0.2, 0.25) is 5.91 Å². The number of rotatable bonds is 4. The lowest BCUT2D eigenvalue weighted by atomic mass is 10.1. The lowest BCUT2D eigenvalue weighted by Crippen LogP contribution is -2.36. The Morgan fingerprint density at radius 1 is 1.29 bits per heavy atom. The first-order chi connectivity index (χ1) is 11.5. The van der Waals surface area contributed by atoms with Gasteiger partial charge in [-0.05, 0) is 31.9 Å². The van der Waals surface area contributed by atoms with Crippen molar-refractivity contribution in [2.45, 2.75) is 33.4 Å². The zero-order valence-electron chi connectivity index (χ0n) is 13.9. The first-order valence-corrected chi connectivity index (χ1v) is 8.62. The molecule has 0 aliphatic carbocycles. The van der Waals surface area contributed by atoms with Gasteiger partial charge in [-0.1, -0.05) is 30.3 Å². The Bertz CT molecular complexity index is 942. The fraction of sp³-hybridized carbons (Fsp3) is 0.278. The molecule has 3 aromatic rings. The van der Waals surface area contributed by atoms with Crippen LogP contribution in [0.2, 0.25) is 0 Å². The van der Waals surface area contributed by atoms with Crippen LogP contribution < -0.4 is 10.9 Å². The van der Waals surface area contributed by atoms with E-state index in [9.17, 15) is 9.59 Å². The zero-order chi connectivity index (χ0) is 17.3. The standard InChI is InChI=1S/C18H19N3O2S/c1-11(2)20-14(22)9-21-10-19-17-15(18(21)23)12(3)16(24-17)13-7-5-4-6-8-13/h4-8,10-11H,9H2,1-3H3,(H,20,22). The number of hydrogen-bond acceptors (Lipinski definition) is 4. The maximum atomic E-state index is 12.8. The highest BCUT2D eigenvalue weighted by Gasteiger charge is 2.16. The fourth-order valence-corrected chi connectivity index (χ4v) is 3.80. The molecule has 0 radical (unpaired) electrons. The second kappa shape index (κ2) is 6.57. The highest BCUT2D eigenvalue weighted by molar-refractivity contribution is 7.22. The molecule has 5 nitrogen and oxygen atoms in total. The number of fused-ring (bicyclic) bond motifs is 1. The highest BCUT2D eigenvalue weighted by atomic mass is 32.1. The molecule has 0 saturated heterocycles. The van der Waals surface area contributed by atoms with E-state index in [4.69, 9.17) is 0 Å². The van der Waals surface area contributed by atoms with Crippen LogP contribution >= 0.6 is 11.3 Å². The average molecular weight is 341 g/mol. The number of nitrogens with one attached hydrogen (secondary N) is 1. The highest BCUT2D eigenvalue weighted by Crippen LogP contribution is 2.35. The van der Waals surface area contributed by atoms with Crippen LogP contribution in [-0.4, -0.2) is 21.5 Å². The predicted molar refractivity (Wildman–Crippen MR) is 97.3 cm³/mol. The van der Waals surface area contributed by atoms with Crippen molar-refractivity contribution in [1.82, 2.24) is 14.9 Å². The minimum absolute atomic E-state index is 0.0179. The van der Waals surface area contributed by atoms with Gasteiger partial charge in [-0.15, -0.1) is 11.3 Å². The summed E-state index contributed by atoms with van der Waals surface area (Å²) in [5.41, 5.74) is 1.81. The van der Waals surface area contributed by atoms with Crippen molar-refractivity contribution in [3.8, 4) is 10.4 Å². The first-order valence-electron chi connectivity index (χ1n) is 7.80. The van der Waals surface area contributed by atoms with Gasteiger partial charge in [0.15, 0.2) is 0 Å². The molecule has 0 fully saturated rings. The van der Waals surface area contributed by atoms with Crippen LogP contribution in [0.4, 0.5) is 0 Å². The third-order valence-electron chi connectivity index (χ3n) is 3.72. The Balaban J connectivity index is 2.05. The molecule has 0 aliphatic rings. The van der Waals surface area contributed by atoms with E-state index < -0.39 is 0 Å². The van der Waals surface area contributed by atoms with Crippen molar-refractivity contribution in [2.24, 2.45) is 0 Å². The van der Waals surface area contributed by atoms with Gasteiger partial charge >= 0.3 is 0 Å². The molecule has 0 atom stereocenters. The number of aryl methyl sites for hydroxylation is 1. The van der Waals surface area contributed by atoms with Crippen LogP contribution in [0.3, 0.4) is 0 Å². The van der Waals surface area contributed by atoms with Crippen LogP contribution in [-0.2, 0) is 11.3 Å². The first kappa shape index (κ1) is 16.4. The van der Waals surface area contributed by atoms with Crippen molar-refractivity contribution >= 4 is 27.5 Å². The SMILES string of the molecule is Cc1c(-c2ccccc2)sc2ncn(CC(=O)NC(C)C)c(=O)c12. The normalized spacial score (nSPS) is 11.2. The fourth-order valence-electron chi connectivity index (χ4n) is 2.66. The summed E-state index contributed by atoms with van der Waals surface area (Å²) in [5.74, 6) is -0.190. The molecule has 3 rings (SSSR count). The van der Waals surface area contributed by atoms with Crippen molar-refractivity contribution in [2.75, 3.05) is 0 Å². The maximum Gasteiger partial charge on any atom is 0.262 e. The van der Waals surface area contributed by atoms with E-state index in [2.05, 4.69) is 10.3 Å². The number of carbonyl (C=O) groups excluding carboxylic acids is 1. The number of carbonyl (C=O) groups is 1. The lowest BCUT2D eigenvalue weighted by molar-refractivity contribution is -0.122. The molecule has 0 aliphatic heterocycles. The summed E-state index contributed by atoms with van der Waals surface area (Å²) in [7, 11) is 0. The van der Waals surface area contributed by atoms with Gasteiger partial charge in [-0.3, -0.25) is 14.2 Å². The molecule has 1 amide bonds. The molecule has 124 valence electrons. The Morgan fingerprint density at radius 3 is 2.67 bits per heavy atom. The predicted octanol–water partition coefficient (Wildman–Crippen LogP) is 2.96. The molecule has 1 aromatic carbocycles. The molecule has 0 bridgehead atoms. The van der Waals surface area contributed by atoms with Gasteiger partial charge in [-0.2, -0.15) is 0 Å². The lowest BCUT2D eigenvalue weighted by Gasteiger charge is -2.09. The quantitative estimate of drug-likeness (QED) is 0.793. The van der Waals surface area contributed by atoms with Crippen LogP contribution in [0, 0.1) is 6.92 Å². The summed E-state index contributed by atoms with van der Waals surface area (Å²) in [6, 6.07) is 9.99. The topological polar surface area (TPSA) is 64.0 Å². The summed E-state index contributed by atoms with van der Waals surface area (Å²) in [5, 5.41) is 3.38. The van der Waals surface area contributed by atoms with E-state index in [0.717, 1.165) is 16.0 Å². The summed E-state index contributed by atoms with van der Waals surface area (Å²) < 4.78 is 1.37. The minimum Gasteiger partial charge on any atom is -0.352 e. The Labute approximate surface area is 144 Å². The molecule has 0 saturated carbocycles. The number of hydrogen-bond donors (Lipinski definition) is 1. The molecule has 2 heterocycles. The molecular formula is C18H19N3O2S. The zero-order valence-corrected chi connectivity index (χ0v) is 14.7. The summed E-state index contributed by atoms with van der Waals surface area (Å²) in [4.78, 5) is 30.8. The van der Waals surface area contributed by atoms with Gasteiger partial charge < -0.3 is 5.32 Å². The molecule has 0 spiro atoms. The summed E-state index contributed by atoms with van der Waals surface area (Å²) in [6.07, 6.45) is 1.45. The Morgan fingerprint density at radius 2 is 2.00 bits per heavy atom. The number of amides is 1. The van der Waals surface area contributed by atoms with Crippen LogP contribution in [0.5, 0.6) is 0 Å². The second-order valence-electron chi connectivity index (χ2n) is 6.00. The third kappa shape index (κ3) is 3.10. The van der Waals surface area contributed by atoms with Crippen LogP contribution in [0.15, 0.2) is 41.5 Å². The van der Waals surface area contributed by atoms with E-state index in [1.807, 2.05) is 51.1 Å². The van der Waals surface area contributed by atoms with Gasteiger partial charge in [0.25, 0.3) is 5.56 Å². The molecular weight excluding hydrogens is 322 g/mol. The summed E-state index contributed by atoms with van der Waals surface area (Å²) in [6.45, 7) is 5.69. The van der Waals surface area contributed by atoms with E-state index >= 15 is 0 Å². The van der Waals surface area contributed by atoms with E-state index in [1.165, 1.54) is 22.2 Å². The van der Waals surface area contributed by atoms with Gasteiger partial charge in [0, 0.05) is 10.9 Å². The molecule has 0 unspecified atom stereocenters. The number of aromatic nitrogens is 2. The summed E-state index contributed by atoms with van der Waals surface area (Å²) >= 11 is 1.50. The molecule has 1 N–H and O–H groups in total. The minimum atomic E-state index is -0.190.